The first-order valence-corrected chi connectivity index (χ1v) is 8.88. The first kappa shape index (κ1) is 18.8. The lowest BCUT2D eigenvalue weighted by Crippen LogP contribution is -2.09. The van der Waals surface area contributed by atoms with Crippen LogP contribution in [0.2, 0.25) is 0 Å². The van der Waals surface area contributed by atoms with Gasteiger partial charge < -0.3 is 14.8 Å². The van der Waals surface area contributed by atoms with Gasteiger partial charge in [0.05, 0.1) is 0 Å². The molecule has 0 amide bonds. The zero-order chi connectivity index (χ0) is 19.2. The highest BCUT2D eigenvalue weighted by Gasteiger charge is 2.14. The van der Waals surface area contributed by atoms with Gasteiger partial charge in [-0.15, -0.1) is 0 Å². The quantitative estimate of drug-likeness (QED) is 0.557. The standard InChI is InChI=1S/C22H24N2O3/c1-2-15-11-18(13-16-3-7-20(25)8-4-16)22(27-24)19(12-15)14-17-5-9-21(26-23)10-6-17/h3-12,25H,2,13-14,23-24H2,1H3. The van der Waals surface area contributed by atoms with Crippen molar-refractivity contribution in [2.24, 2.45) is 11.8 Å². The summed E-state index contributed by atoms with van der Waals surface area (Å²) in [6.07, 6.45) is 2.28. The molecule has 27 heavy (non-hydrogen) atoms. The molecule has 5 heteroatoms. The van der Waals surface area contributed by atoms with Crippen molar-refractivity contribution < 1.29 is 14.8 Å². The first-order chi connectivity index (χ1) is 13.1. The number of aromatic hydroxyl groups is 1. The third-order valence-electron chi connectivity index (χ3n) is 4.61. The smallest absolute Gasteiger partial charge is 0.153 e. The minimum Gasteiger partial charge on any atom is -0.508 e. The second-order valence-corrected chi connectivity index (χ2v) is 6.50. The van der Waals surface area contributed by atoms with Crippen molar-refractivity contribution in [1.29, 1.82) is 0 Å². The normalized spacial score (nSPS) is 10.6. The van der Waals surface area contributed by atoms with Crippen LogP contribution < -0.4 is 21.5 Å². The van der Waals surface area contributed by atoms with Gasteiger partial charge in [-0.05, 0) is 47.4 Å². The molecule has 0 aliphatic rings. The summed E-state index contributed by atoms with van der Waals surface area (Å²) in [5, 5.41) is 9.49. The van der Waals surface area contributed by atoms with Crippen LogP contribution in [0.4, 0.5) is 0 Å². The molecule has 3 aromatic rings. The molecule has 0 aromatic heterocycles. The van der Waals surface area contributed by atoms with Crippen molar-refractivity contribution in [2.75, 3.05) is 0 Å². The Hall–Kier alpha value is -3.02. The molecule has 3 rings (SSSR count). The second-order valence-electron chi connectivity index (χ2n) is 6.50. The lowest BCUT2D eigenvalue weighted by atomic mass is 9.94. The third kappa shape index (κ3) is 4.58. The van der Waals surface area contributed by atoms with E-state index in [1.165, 1.54) is 5.56 Å². The van der Waals surface area contributed by atoms with Crippen molar-refractivity contribution in [2.45, 2.75) is 26.2 Å². The maximum absolute atomic E-state index is 9.49. The lowest BCUT2D eigenvalue weighted by molar-refractivity contribution is 0.328. The van der Waals surface area contributed by atoms with Crippen molar-refractivity contribution >= 4 is 0 Å². The van der Waals surface area contributed by atoms with Crippen LogP contribution >= 0.6 is 0 Å². The Morgan fingerprint density at radius 2 is 1.26 bits per heavy atom. The van der Waals surface area contributed by atoms with E-state index in [-0.39, 0.29) is 5.75 Å². The van der Waals surface area contributed by atoms with Crippen LogP contribution in [0.25, 0.3) is 0 Å². The van der Waals surface area contributed by atoms with Crippen LogP contribution in [0.1, 0.15) is 34.7 Å². The summed E-state index contributed by atoms with van der Waals surface area (Å²) in [6.45, 7) is 2.12. The zero-order valence-corrected chi connectivity index (χ0v) is 15.3. The first-order valence-electron chi connectivity index (χ1n) is 8.88. The lowest BCUT2D eigenvalue weighted by Gasteiger charge is -2.16. The van der Waals surface area contributed by atoms with E-state index >= 15 is 0 Å². The fourth-order valence-electron chi connectivity index (χ4n) is 3.18. The molecule has 0 spiro atoms. The fraction of sp³-hybridized carbons (Fsp3) is 0.182. The number of aryl methyl sites for hydroxylation is 1. The molecular weight excluding hydrogens is 340 g/mol. The van der Waals surface area contributed by atoms with Gasteiger partial charge in [-0.1, -0.05) is 43.3 Å². The molecular formula is C22H24N2O3. The van der Waals surface area contributed by atoms with Gasteiger partial charge in [-0.2, -0.15) is 11.8 Å². The van der Waals surface area contributed by atoms with Crippen molar-refractivity contribution in [3.63, 3.8) is 0 Å². The van der Waals surface area contributed by atoms with E-state index in [9.17, 15) is 5.11 Å². The minimum atomic E-state index is 0.252. The number of nitrogens with two attached hydrogens (primary N) is 2. The number of benzene rings is 3. The fourth-order valence-corrected chi connectivity index (χ4v) is 3.18. The molecule has 0 aliphatic carbocycles. The molecule has 0 radical (unpaired) electrons. The Balaban J connectivity index is 1.95. The molecule has 0 bridgehead atoms. The Kier molecular flexibility index (Phi) is 5.96. The number of phenolic OH excluding ortho intramolecular Hbond substituents is 1. The van der Waals surface area contributed by atoms with Crippen molar-refractivity contribution in [3.8, 4) is 17.2 Å². The number of hydrogen-bond acceptors (Lipinski definition) is 5. The molecule has 0 fully saturated rings. The van der Waals surface area contributed by atoms with Gasteiger partial charge in [0.25, 0.3) is 0 Å². The average molecular weight is 364 g/mol. The highest BCUT2D eigenvalue weighted by Crippen LogP contribution is 2.30. The van der Waals surface area contributed by atoms with Gasteiger partial charge in [0, 0.05) is 24.0 Å². The number of rotatable bonds is 7. The highest BCUT2D eigenvalue weighted by atomic mass is 16.6. The predicted octanol–water partition coefficient (Wildman–Crippen LogP) is 3.64. The number of hydrogen-bond donors (Lipinski definition) is 3. The van der Waals surface area contributed by atoms with Crippen LogP contribution in [-0.4, -0.2) is 5.11 Å². The molecule has 140 valence electrons. The molecule has 5 N–H and O–H groups in total. The van der Waals surface area contributed by atoms with Crippen molar-refractivity contribution in [3.05, 3.63) is 88.5 Å². The summed E-state index contributed by atoms with van der Waals surface area (Å²) in [4.78, 5) is 10.0. The molecule has 0 heterocycles. The monoisotopic (exact) mass is 364 g/mol. The SMILES string of the molecule is CCc1cc(Cc2ccc(O)cc2)c(ON)c(Cc2ccc(ON)cc2)c1. The summed E-state index contributed by atoms with van der Waals surface area (Å²) in [5.74, 6) is 12.4. The predicted molar refractivity (Wildman–Crippen MR) is 106 cm³/mol. The van der Waals surface area contributed by atoms with Crippen LogP contribution in [0.5, 0.6) is 17.2 Å². The van der Waals surface area contributed by atoms with Crippen LogP contribution in [0.3, 0.4) is 0 Å². The summed E-state index contributed by atoms with van der Waals surface area (Å²) in [6, 6.07) is 19.0. The van der Waals surface area contributed by atoms with Gasteiger partial charge in [-0.25, -0.2) is 0 Å². The Bertz CT molecular complexity index is 891. The Labute approximate surface area is 159 Å². The van der Waals surface area contributed by atoms with E-state index < -0.39 is 0 Å². The Morgan fingerprint density at radius 1 is 0.741 bits per heavy atom. The zero-order valence-electron chi connectivity index (χ0n) is 15.3. The molecule has 0 unspecified atom stereocenters. The average Bonchev–Trinajstić information content (AvgIpc) is 2.70. The van der Waals surface area contributed by atoms with Crippen LogP contribution in [0, 0.1) is 0 Å². The summed E-state index contributed by atoms with van der Waals surface area (Å²) >= 11 is 0. The minimum absolute atomic E-state index is 0.252. The van der Waals surface area contributed by atoms with E-state index in [0.29, 0.717) is 24.3 Å². The van der Waals surface area contributed by atoms with E-state index in [0.717, 1.165) is 28.7 Å². The summed E-state index contributed by atoms with van der Waals surface area (Å²) < 4.78 is 0. The molecule has 3 aromatic carbocycles. The summed E-state index contributed by atoms with van der Waals surface area (Å²) in [7, 11) is 0. The van der Waals surface area contributed by atoms with Gasteiger partial charge in [0.1, 0.15) is 11.5 Å². The molecule has 5 nitrogen and oxygen atoms in total. The molecule has 0 aliphatic heterocycles. The maximum Gasteiger partial charge on any atom is 0.153 e. The van der Waals surface area contributed by atoms with E-state index in [2.05, 4.69) is 19.1 Å². The van der Waals surface area contributed by atoms with Gasteiger partial charge in [0.2, 0.25) is 0 Å². The van der Waals surface area contributed by atoms with Crippen molar-refractivity contribution in [1.82, 2.24) is 0 Å². The van der Waals surface area contributed by atoms with E-state index in [1.807, 2.05) is 36.4 Å². The summed E-state index contributed by atoms with van der Waals surface area (Å²) in [5.41, 5.74) is 5.47. The molecule has 0 saturated carbocycles. The Morgan fingerprint density at radius 3 is 1.70 bits per heavy atom. The second kappa shape index (κ2) is 8.58. The van der Waals surface area contributed by atoms with Crippen LogP contribution in [0.15, 0.2) is 60.7 Å². The number of phenols is 1. The van der Waals surface area contributed by atoms with E-state index in [1.54, 1.807) is 12.1 Å². The van der Waals surface area contributed by atoms with E-state index in [4.69, 9.17) is 21.5 Å². The van der Waals surface area contributed by atoms with Gasteiger partial charge >= 0.3 is 0 Å². The highest BCUT2D eigenvalue weighted by molar-refractivity contribution is 5.49. The topological polar surface area (TPSA) is 90.7 Å². The third-order valence-corrected chi connectivity index (χ3v) is 4.61. The van der Waals surface area contributed by atoms with Gasteiger partial charge in [-0.3, -0.25) is 0 Å². The van der Waals surface area contributed by atoms with Gasteiger partial charge in [0.15, 0.2) is 5.75 Å². The molecule has 0 atom stereocenters. The maximum atomic E-state index is 9.49. The largest absolute Gasteiger partial charge is 0.508 e. The molecule has 0 saturated heterocycles. The van der Waals surface area contributed by atoms with Crippen LogP contribution in [-0.2, 0) is 19.3 Å².